The van der Waals surface area contributed by atoms with Crippen LogP contribution < -0.4 is 0 Å². The maximum atomic E-state index is 2.43. The summed E-state index contributed by atoms with van der Waals surface area (Å²) in [7, 11) is 0. The molecule has 2 heteroatoms. The van der Waals surface area contributed by atoms with Crippen molar-refractivity contribution in [2.75, 3.05) is 0 Å². The van der Waals surface area contributed by atoms with Crippen LogP contribution in [0.5, 0.6) is 0 Å². The maximum Gasteiger partial charge on any atom is 0.220 e. The van der Waals surface area contributed by atoms with Crippen molar-refractivity contribution in [3.05, 3.63) is 0 Å². The summed E-state index contributed by atoms with van der Waals surface area (Å²) in [6, 6.07) is 0. The molecule has 0 nitrogen and oxygen atoms in total. The van der Waals surface area contributed by atoms with E-state index in [1.807, 2.05) is 0 Å². The second-order valence-corrected chi connectivity index (χ2v) is 14.5. The summed E-state index contributed by atoms with van der Waals surface area (Å²) in [5.41, 5.74) is 0. The Bertz CT molecular complexity index is 323. The van der Waals surface area contributed by atoms with Crippen LogP contribution in [0.4, 0.5) is 0 Å². The smallest absolute Gasteiger partial charge is 0.114 e. The second kappa shape index (κ2) is 28.3. The van der Waals surface area contributed by atoms with E-state index in [0.717, 1.165) is 0 Å². The topological polar surface area (TPSA) is 0 Å². The van der Waals surface area contributed by atoms with Gasteiger partial charge in [0.2, 0.25) is 16.3 Å². The van der Waals surface area contributed by atoms with Gasteiger partial charge < -0.3 is 0 Å². The third-order valence-electron chi connectivity index (χ3n) is 7.03. The minimum Gasteiger partial charge on any atom is -0.114 e. The zero-order valence-corrected chi connectivity index (χ0v) is 27.0. The molecule has 0 fully saturated rings. The SMILES string of the molecule is Br.CCCCCCCCCCCCCCCCCCCCCCCCCCC[C](C)(C)[AlH2]. The quantitative estimate of drug-likeness (QED) is 0.0769. The van der Waals surface area contributed by atoms with Crippen LogP contribution in [0.15, 0.2) is 0 Å². The lowest BCUT2D eigenvalue weighted by Gasteiger charge is -2.17. The van der Waals surface area contributed by atoms with Gasteiger partial charge in [-0.3, -0.25) is 0 Å². The van der Waals surface area contributed by atoms with Gasteiger partial charge in [-0.15, -0.1) is 17.0 Å². The fraction of sp³-hybridized carbons (Fsp3) is 1.00. The average molecular weight is 532 g/mol. The summed E-state index contributed by atoms with van der Waals surface area (Å²) in [5, 5.41) is 0. The predicted molar refractivity (Wildman–Crippen MR) is 159 cm³/mol. The summed E-state index contributed by atoms with van der Waals surface area (Å²) in [6.07, 6.45) is 38.5. The van der Waals surface area contributed by atoms with Crippen molar-refractivity contribution in [1.82, 2.24) is 0 Å². The number of halogens is 1. The van der Waals surface area contributed by atoms with E-state index in [0.29, 0.717) is 4.28 Å². The Hall–Kier alpha value is 1.01. The fourth-order valence-electron chi connectivity index (χ4n) is 4.79. The first-order valence-corrected chi connectivity index (χ1v) is 16.1. The number of hydrogen-bond acceptors (Lipinski definition) is 0. The molecule has 0 spiro atoms. The van der Waals surface area contributed by atoms with Gasteiger partial charge in [0.15, 0.2) is 0 Å². The Kier molecular flexibility index (Phi) is 31.1. The van der Waals surface area contributed by atoms with E-state index in [1.165, 1.54) is 183 Å². The molecule has 0 atom stereocenters. The van der Waals surface area contributed by atoms with Crippen LogP contribution in [0.3, 0.4) is 0 Å². The van der Waals surface area contributed by atoms with Crippen LogP contribution in [-0.4, -0.2) is 16.3 Å². The molecule has 0 saturated heterocycles. The third kappa shape index (κ3) is 33.2. The van der Waals surface area contributed by atoms with Crippen molar-refractivity contribution < 1.29 is 0 Å². The molecule has 0 heterocycles. The first-order valence-electron chi connectivity index (χ1n) is 15.1. The lowest BCUT2D eigenvalue weighted by Crippen LogP contribution is -2.01. The fourth-order valence-corrected chi connectivity index (χ4v) is 5.15. The molecule has 0 aromatic carbocycles. The summed E-state index contributed by atoms with van der Waals surface area (Å²) in [4.78, 5) is 0. The number of hydrogen-bond donors (Lipinski definition) is 0. The van der Waals surface area contributed by atoms with Crippen LogP contribution in [-0.2, 0) is 0 Å². The van der Waals surface area contributed by atoms with Gasteiger partial charge in [-0.25, -0.2) is 0 Å². The van der Waals surface area contributed by atoms with E-state index in [2.05, 4.69) is 20.8 Å². The molecule has 0 N–H and O–H groups in total. The van der Waals surface area contributed by atoms with Gasteiger partial charge in [0, 0.05) is 0 Å². The van der Waals surface area contributed by atoms with Gasteiger partial charge in [0.1, 0.15) is 0 Å². The van der Waals surface area contributed by atoms with Crippen LogP contribution >= 0.6 is 17.0 Å². The standard InChI is InChI=1S/C30H61.Al.BrH.2H/c1-4-5-6-7-8-9-10-11-12-13-14-15-16-17-18-19-20-21-22-23-24-25-26-27-28-29-30(2)3;;;;/h4-29H2,1-3H3;;1H;;. The lowest BCUT2D eigenvalue weighted by molar-refractivity contribution is 0.507. The zero-order valence-electron chi connectivity index (χ0n) is 23.3. The van der Waals surface area contributed by atoms with E-state index in [1.54, 1.807) is 0 Å². The molecule has 0 bridgehead atoms. The maximum absolute atomic E-state index is 2.43. The highest BCUT2D eigenvalue weighted by Crippen LogP contribution is 2.26. The highest BCUT2D eigenvalue weighted by Gasteiger charge is 2.08. The van der Waals surface area contributed by atoms with Crippen LogP contribution in [0.2, 0.25) is 4.28 Å². The summed E-state index contributed by atoms with van der Waals surface area (Å²) in [5.74, 6) is 0. The summed E-state index contributed by atoms with van der Waals surface area (Å²) >= 11 is 1.35. The summed E-state index contributed by atoms with van der Waals surface area (Å²) < 4.78 is 0.673. The summed E-state index contributed by atoms with van der Waals surface area (Å²) in [6.45, 7) is 7.16. The molecule has 0 aromatic rings. The van der Waals surface area contributed by atoms with Gasteiger partial charge in [-0.05, 0) is 0 Å². The molecule has 0 unspecified atom stereocenters. The van der Waals surface area contributed by atoms with E-state index >= 15 is 0 Å². The Labute approximate surface area is 224 Å². The molecular formula is C30H64AlBr. The first kappa shape index (κ1) is 35.2. The molecule has 0 aliphatic carbocycles. The van der Waals surface area contributed by atoms with Gasteiger partial charge in [-0.1, -0.05) is 192 Å². The van der Waals surface area contributed by atoms with E-state index in [9.17, 15) is 0 Å². The molecular weight excluding hydrogens is 467 g/mol. The third-order valence-corrected chi connectivity index (χ3v) is 7.53. The molecule has 0 aromatic heterocycles. The van der Waals surface area contributed by atoms with Crippen molar-refractivity contribution in [3.8, 4) is 0 Å². The van der Waals surface area contributed by atoms with E-state index in [-0.39, 0.29) is 17.0 Å². The van der Waals surface area contributed by atoms with Crippen LogP contribution in [0, 0.1) is 0 Å². The van der Waals surface area contributed by atoms with E-state index in [4.69, 9.17) is 0 Å². The van der Waals surface area contributed by atoms with Gasteiger partial charge in [0.05, 0.1) is 0 Å². The second-order valence-electron chi connectivity index (χ2n) is 11.8. The highest BCUT2D eigenvalue weighted by molar-refractivity contribution is 8.93. The largest absolute Gasteiger partial charge is 0.220 e. The number of unbranched alkanes of at least 4 members (excludes halogenated alkanes) is 24. The molecule has 0 rings (SSSR count). The zero-order chi connectivity index (χ0) is 22.9. The van der Waals surface area contributed by atoms with Crippen LogP contribution in [0.1, 0.15) is 188 Å². The normalized spacial score (nSPS) is 11.6. The highest BCUT2D eigenvalue weighted by atomic mass is 79.9. The molecule has 32 heavy (non-hydrogen) atoms. The average Bonchev–Trinajstić information content (AvgIpc) is 2.73. The predicted octanol–water partition coefficient (Wildman–Crippen LogP) is 11.6. The Morgan fingerprint density at radius 1 is 0.375 bits per heavy atom. The monoisotopic (exact) mass is 530 g/mol. The Morgan fingerprint density at radius 3 is 0.750 bits per heavy atom. The molecule has 194 valence electrons. The minimum atomic E-state index is 0. The Morgan fingerprint density at radius 2 is 0.562 bits per heavy atom. The van der Waals surface area contributed by atoms with Gasteiger partial charge in [0.25, 0.3) is 0 Å². The molecule has 0 radical (unpaired) electrons. The molecule has 0 amide bonds. The van der Waals surface area contributed by atoms with Crippen molar-refractivity contribution >= 4 is 33.3 Å². The lowest BCUT2D eigenvalue weighted by atomic mass is 10.0. The molecule has 0 saturated carbocycles. The van der Waals surface area contributed by atoms with Crippen molar-refractivity contribution in [2.45, 2.75) is 192 Å². The van der Waals surface area contributed by atoms with Gasteiger partial charge in [-0.2, -0.15) is 0 Å². The Balaban J connectivity index is 0. The minimum absolute atomic E-state index is 0. The number of rotatable bonds is 26. The van der Waals surface area contributed by atoms with E-state index < -0.39 is 0 Å². The van der Waals surface area contributed by atoms with Crippen molar-refractivity contribution in [2.24, 2.45) is 0 Å². The van der Waals surface area contributed by atoms with Crippen molar-refractivity contribution in [1.29, 1.82) is 0 Å². The first-order chi connectivity index (χ1) is 15.1. The van der Waals surface area contributed by atoms with Crippen molar-refractivity contribution in [3.63, 3.8) is 0 Å². The molecule has 0 aliphatic heterocycles. The van der Waals surface area contributed by atoms with Gasteiger partial charge >= 0.3 is 0 Å². The van der Waals surface area contributed by atoms with Crippen LogP contribution in [0.25, 0.3) is 0 Å². The molecule has 0 aliphatic rings.